The van der Waals surface area contributed by atoms with Gasteiger partial charge in [-0.15, -0.1) is 11.3 Å². The fourth-order valence-electron chi connectivity index (χ4n) is 1.14. The highest BCUT2D eigenvalue weighted by Crippen LogP contribution is 2.21. The largest absolute Gasteiger partial charge is 0.545 e. The first-order valence-electron chi connectivity index (χ1n) is 3.51. The van der Waals surface area contributed by atoms with E-state index in [2.05, 4.69) is 4.98 Å². The molecule has 1 aromatic carbocycles. The molecule has 0 aliphatic rings. The molecule has 0 radical (unpaired) electrons. The summed E-state index contributed by atoms with van der Waals surface area (Å²) in [4.78, 5) is 13.5. The van der Waals surface area contributed by atoms with Crippen LogP contribution < -0.4 is 5.11 Å². The minimum atomic E-state index is -1.19. The highest BCUT2D eigenvalue weighted by Gasteiger charge is 2.03. The third-order valence-electron chi connectivity index (χ3n) is 1.68. The number of H-pyrrole nitrogens is 1. The third-order valence-corrected chi connectivity index (χ3v) is 2.88. The number of carbonyl (C=O) groups excluding carboxylic acids is 1. The molecular formula is C8H4NO2S2-. The Morgan fingerprint density at radius 3 is 3.00 bits per heavy atom. The van der Waals surface area contributed by atoms with Gasteiger partial charge in [0.2, 0.25) is 0 Å². The molecule has 2 rings (SSSR count). The number of carbonyl (C=O) groups is 1. The Balaban J connectivity index is 2.90. The van der Waals surface area contributed by atoms with Gasteiger partial charge in [-0.3, -0.25) is 0 Å². The maximum atomic E-state index is 10.7. The van der Waals surface area contributed by atoms with Crippen molar-refractivity contribution in [2.45, 2.75) is 0 Å². The van der Waals surface area contributed by atoms with E-state index >= 15 is 0 Å². The summed E-state index contributed by atoms with van der Waals surface area (Å²) < 4.78 is 1.41. The number of hydrogen-bond donors (Lipinski definition) is 1. The van der Waals surface area contributed by atoms with Crippen LogP contribution in [0.4, 0.5) is 0 Å². The monoisotopic (exact) mass is 210 g/mol. The van der Waals surface area contributed by atoms with E-state index < -0.39 is 5.97 Å². The van der Waals surface area contributed by atoms with Crippen molar-refractivity contribution in [1.29, 1.82) is 0 Å². The molecule has 0 amide bonds. The lowest BCUT2D eigenvalue weighted by atomic mass is 10.2. The summed E-state index contributed by atoms with van der Waals surface area (Å²) in [6.07, 6.45) is 0. The highest BCUT2D eigenvalue weighted by molar-refractivity contribution is 7.73. The zero-order valence-electron chi connectivity index (χ0n) is 6.37. The predicted molar refractivity (Wildman–Crippen MR) is 51.3 cm³/mol. The summed E-state index contributed by atoms with van der Waals surface area (Å²) in [5.74, 6) is -1.19. The number of carboxylic acids is 1. The van der Waals surface area contributed by atoms with Crippen molar-refractivity contribution in [3.05, 3.63) is 27.7 Å². The Kier molecular flexibility index (Phi) is 1.90. The topological polar surface area (TPSA) is 55.9 Å². The second-order valence-electron chi connectivity index (χ2n) is 2.48. The van der Waals surface area contributed by atoms with Crippen LogP contribution in [0.2, 0.25) is 0 Å². The quantitative estimate of drug-likeness (QED) is 0.722. The molecule has 1 N–H and O–H groups in total. The average molecular weight is 210 g/mol. The van der Waals surface area contributed by atoms with Crippen molar-refractivity contribution in [2.75, 3.05) is 0 Å². The zero-order chi connectivity index (χ0) is 9.42. The number of para-hydroxylation sites is 1. The Morgan fingerprint density at radius 2 is 2.31 bits per heavy atom. The summed E-state index contributed by atoms with van der Waals surface area (Å²) >= 11 is 6.26. The van der Waals surface area contributed by atoms with E-state index in [1.54, 1.807) is 6.07 Å². The number of benzene rings is 1. The van der Waals surface area contributed by atoms with Crippen molar-refractivity contribution in [2.24, 2.45) is 0 Å². The van der Waals surface area contributed by atoms with Gasteiger partial charge in [-0.2, -0.15) is 0 Å². The Labute approximate surface area is 82.7 Å². The van der Waals surface area contributed by atoms with Gasteiger partial charge in [-0.25, -0.2) is 0 Å². The highest BCUT2D eigenvalue weighted by atomic mass is 32.1. The zero-order valence-corrected chi connectivity index (χ0v) is 8.00. The van der Waals surface area contributed by atoms with Crippen LogP contribution >= 0.6 is 23.6 Å². The van der Waals surface area contributed by atoms with Crippen LogP contribution in [0, 0.1) is 3.95 Å². The Morgan fingerprint density at radius 1 is 1.54 bits per heavy atom. The smallest absolute Gasteiger partial charge is 0.159 e. The van der Waals surface area contributed by atoms with Gasteiger partial charge in [-0.05, 0) is 18.3 Å². The van der Waals surface area contributed by atoms with E-state index in [0.29, 0.717) is 9.47 Å². The van der Waals surface area contributed by atoms with Gasteiger partial charge in [-0.1, -0.05) is 12.1 Å². The summed E-state index contributed by atoms with van der Waals surface area (Å²) in [6.45, 7) is 0. The molecular weight excluding hydrogens is 206 g/mol. The number of aromatic nitrogens is 1. The van der Waals surface area contributed by atoms with Gasteiger partial charge >= 0.3 is 0 Å². The molecule has 0 spiro atoms. The van der Waals surface area contributed by atoms with Gasteiger partial charge < -0.3 is 14.9 Å². The van der Waals surface area contributed by atoms with Gasteiger partial charge in [0, 0.05) is 5.56 Å². The van der Waals surface area contributed by atoms with E-state index in [9.17, 15) is 9.90 Å². The van der Waals surface area contributed by atoms with Crippen LogP contribution in [0.25, 0.3) is 10.2 Å². The average Bonchev–Trinajstić information content (AvgIpc) is 2.43. The van der Waals surface area contributed by atoms with Crippen molar-refractivity contribution in [3.8, 4) is 0 Å². The molecule has 5 heteroatoms. The summed E-state index contributed by atoms with van der Waals surface area (Å²) in [5.41, 5.74) is 0.711. The number of aromatic carboxylic acids is 1. The molecule has 0 bridgehead atoms. The van der Waals surface area contributed by atoms with Crippen molar-refractivity contribution in [3.63, 3.8) is 0 Å². The number of rotatable bonds is 1. The SMILES string of the molecule is O=C([O-])c1cccc2sc(=S)[nH]c12. The molecule has 1 heterocycles. The Bertz CT molecular complexity index is 526. The molecule has 3 nitrogen and oxygen atoms in total. The van der Waals surface area contributed by atoms with Gasteiger partial charge in [0.1, 0.15) is 0 Å². The fourth-order valence-corrected chi connectivity index (χ4v) is 2.28. The molecule has 66 valence electrons. The second kappa shape index (κ2) is 2.93. The summed E-state index contributed by atoms with van der Waals surface area (Å²) in [6, 6.07) is 4.99. The van der Waals surface area contributed by atoms with Crippen LogP contribution in [-0.2, 0) is 0 Å². The summed E-state index contributed by atoms with van der Waals surface area (Å²) in [5, 5.41) is 10.7. The number of hydrogen-bond acceptors (Lipinski definition) is 4. The normalized spacial score (nSPS) is 10.5. The minimum absolute atomic E-state index is 0.157. The molecule has 0 saturated heterocycles. The summed E-state index contributed by atoms with van der Waals surface area (Å²) in [7, 11) is 0. The number of nitrogens with one attached hydrogen (secondary N) is 1. The van der Waals surface area contributed by atoms with Gasteiger partial charge in [0.05, 0.1) is 16.2 Å². The van der Waals surface area contributed by atoms with Crippen LogP contribution in [0.15, 0.2) is 18.2 Å². The molecule has 0 aliphatic heterocycles. The maximum Gasteiger partial charge on any atom is 0.159 e. The third kappa shape index (κ3) is 1.36. The first-order chi connectivity index (χ1) is 6.18. The molecule has 0 unspecified atom stereocenters. The van der Waals surface area contributed by atoms with E-state index in [1.165, 1.54) is 17.4 Å². The van der Waals surface area contributed by atoms with Gasteiger partial charge in [0.25, 0.3) is 0 Å². The van der Waals surface area contributed by atoms with Crippen LogP contribution in [-0.4, -0.2) is 11.0 Å². The van der Waals surface area contributed by atoms with E-state index in [1.807, 2.05) is 6.07 Å². The van der Waals surface area contributed by atoms with Crippen molar-refractivity contribution < 1.29 is 9.90 Å². The molecule has 1 aromatic heterocycles. The second-order valence-corrected chi connectivity index (χ2v) is 4.20. The van der Waals surface area contributed by atoms with Crippen LogP contribution in [0.3, 0.4) is 0 Å². The lowest BCUT2D eigenvalue weighted by Gasteiger charge is -2.01. The number of aromatic amines is 1. The molecule has 13 heavy (non-hydrogen) atoms. The standard InChI is InChI=1S/C8H5NO2S2/c10-7(11)4-2-1-3-5-6(4)9-8(12)13-5/h1-3H,(H,9,12)(H,10,11)/p-1. The van der Waals surface area contributed by atoms with Crippen LogP contribution in [0.5, 0.6) is 0 Å². The Hall–Kier alpha value is -1.20. The van der Waals surface area contributed by atoms with E-state index in [0.717, 1.165) is 4.70 Å². The first kappa shape index (κ1) is 8.40. The number of fused-ring (bicyclic) bond motifs is 1. The van der Waals surface area contributed by atoms with Gasteiger partial charge in [0.15, 0.2) is 3.95 Å². The molecule has 0 atom stereocenters. The number of carboxylic acid groups (broad SMARTS) is 1. The molecule has 0 aliphatic carbocycles. The number of thiazole rings is 1. The molecule has 2 aromatic rings. The van der Waals surface area contributed by atoms with E-state index in [4.69, 9.17) is 12.2 Å². The van der Waals surface area contributed by atoms with Crippen molar-refractivity contribution in [1.82, 2.24) is 4.98 Å². The van der Waals surface area contributed by atoms with Crippen molar-refractivity contribution >= 4 is 39.7 Å². The molecule has 0 fully saturated rings. The van der Waals surface area contributed by atoms with E-state index in [-0.39, 0.29) is 5.56 Å². The predicted octanol–water partition coefficient (Wildman–Crippen LogP) is 1.32. The van der Waals surface area contributed by atoms with Crippen LogP contribution in [0.1, 0.15) is 10.4 Å². The fraction of sp³-hybridized carbons (Fsp3) is 0. The lowest BCUT2D eigenvalue weighted by Crippen LogP contribution is -2.22. The minimum Gasteiger partial charge on any atom is -0.545 e. The first-order valence-corrected chi connectivity index (χ1v) is 4.74. The lowest BCUT2D eigenvalue weighted by molar-refractivity contribution is -0.254. The molecule has 0 saturated carbocycles. The maximum absolute atomic E-state index is 10.7.